The lowest BCUT2D eigenvalue weighted by atomic mass is 9.95. The van der Waals surface area contributed by atoms with Crippen LogP contribution in [0.5, 0.6) is 5.75 Å². The molecule has 8 amide bonds. The third-order valence-corrected chi connectivity index (χ3v) is 10.1. The predicted octanol–water partition coefficient (Wildman–Crippen LogP) is -1.50. The topological polar surface area (TPSA) is 373 Å². The van der Waals surface area contributed by atoms with E-state index in [1.54, 1.807) is 27.7 Å². The zero-order valence-electron chi connectivity index (χ0n) is 37.1. The minimum Gasteiger partial charge on any atom is -0.508 e. The van der Waals surface area contributed by atoms with E-state index in [4.69, 9.17) is 17.2 Å². The number of aliphatic carboxylic acids is 1. The molecule has 15 N–H and O–H groups in total. The van der Waals surface area contributed by atoms with Crippen LogP contribution in [0.25, 0.3) is 0 Å². The zero-order chi connectivity index (χ0) is 48.3. The van der Waals surface area contributed by atoms with Gasteiger partial charge < -0.3 is 64.3 Å². The number of phenols is 1. The van der Waals surface area contributed by atoms with Crippen LogP contribution >= 0.6 is 0 Å². The molecule has 22 heteroatoms. The highest BCUT2D eigenvalue weighted by atomic mass is 16.4. The van der Waals surface area contributed by atoms with Crippen LogP contribution in [0, 0.1) is 17.8 Å². The first-order valence-corrected chi connectivity index (χ1v) is 21.1. The molecule has 0 aliphatic rings. The van der Waals surface area contributed by atoms with E-state index >= 15 is 0 Å². The highest BCUT2D eigenvalue weighted by Gasteiger charge is 2.36. The molecule has 0 saturated carbocycles. The van der Waals surface area contributed by atoms with Gasteiger partial charge in [0.2, 0.25) is 47.3 Å². The molecule has 2 rings (SSSR count). The molecule has 2 aromatic rings. The Morgan fingerprint density at radius 2 is 1.16 bits per heavy atom. The third kappa shape index (κ3) is 18.8. The number of nitrogens with two attached hydrogens (primary N) is 3. The van der Waals surface area contributed by atoms with Gasteiger partial charge in [0.05, 0.1) is 18.8 Å². The number of aromatic amines is 1. The molecule has 8 atom stereocenters. The summed E-state index contributed by atoms with van der Waals surface area (Å²) in [5, 5.41) is 34.8. The van der Waals surface area contributed by atoms with E-state index in [1.165, 1.54) is 36.8 Å². The number of aromatic nitrogens is 2. The van der Waals surface area contributed by atoms with E-state index in [2.05, 4.69) is 41.9 Å². The number of carboxylic acid groups (broad SMARTS) is 1. The van der Waals surface area contributed by atoms with E-state index in [-0.39, 0.29) is 56.1 Å². The van der Waals surface area contributed by atoms with Crippen molar-refractivity contribution < 1.29 is 53.4 Å². The minimum absolute atomic E-state index is 0.0471. The Bertz CT molecular complexity index is 1910. The lowest BCUT2D eigenvalue weighted by Crippen LogP contribution is -2.61. The number of amides is 8. The average Bonchev–Trinajstić information content (AvgIpc) is 3.72. The second-order valence-electron chi connectivity index (χ2n) is 16.7. The summed E-state index contributed by atoms with van der Waals surface area (Å²) in [6.45, 7) is 10.6. The monoisotopic (exact) mass is 899 g/mol. The van der Waals surface area contributed by atoms with Crippen LogP contribution in [0.15, 0.2) is 36.8 Å². The largest absolute Gasteiger partial charge is 0.508 e. The first-order chi connectivity index (χ1) is 30.0. The highest BCUT2D eigenvalue weighted by Crippen LogP contribution is 2.15. The van der Waals surface area contributed by atoms with Crippen molar-refractivity contribution in [2.75, 3.05) is 0 Å². The van der Waals surface area contributed by atoms with Crippen LogP contribution in [-0.4, -0.2) is 116 Å². The number of imidazole rings is 1. The van der Waals surface area contributed by atoms with Gasteiger partial charge in [-0.2, -0.15) is 0 Å². The fourth-order valence-corrected chi connectivity index (χ4v) is 6.48. The fourth-order valence-electron chi connectivity index (χ4n) is 6.48. The Balaban J connectivity index is 2.38. The second-order valence-corrected chi connectivity index (χ2v) is 16.7. The standard InChI is InChI=1S/C42H65N11O11/c1-7-23(6)35(41(62)51-31(16-24-8-10-26(54)11-9-24)39(60)52-32(42(63)64)18-34(45)56)53-40(61)30(15-22(4)5)50-37(58)28(12-13-33(44)55)48-38(59)29(14-21(2)3)49-36(57)27(43)17-25-19-46-20-47-25/h8-11,19-23,27-32,35,54H,7,12-18,43H2,1-6H3,(H2,44,55)(H2,45,56)(H,46,47)(H,48,59)(H,49,57)(H,50,58)(H,51,62)(H,52,60)(H,53,61)(H,63,64)/t23-,27-,28-,29-,30-,31-,32-,35-/m0/s1. The summed E-state index contributed by atoms with van der Waals surface area (Å²) in [5.41, 5.74) is 17.7. The maximum Gasteiger partial charge on any atom is 0.326 e. The molecule has 0 saturated heterocycles. The van der Waals surface area contributed by atoms with Crippen LogP contribution in [0.1, 0.15) is 91.3 Å². The zero-order valence-corrected chi connectivity index (χ0v) is 37.1. The van der Waals surface area contributed by atoms with Gasteiger partial charge in [0, 0.05) is 31.2 Å². The van der Waals surface area contributed by atoms with Crippen molar-refractivity contribution >= 4 is 53.2 Å². The quantitative estimate of drug-likeness (QED) is 0.0463. The molecule has 0 aliphatic carbocycles. The summed E-state index contributed by atoms with van der Waals surface area (Å²) in [6, 6.07) is -3.74. The van der Waals surface area contributed by atoms with Crippen LogP contribution in [-0.2, 0) is 56.0 Å². The number of nitrogens with zero attached hydrogens (tertiary/aromatic N) is 1. The van der Waals surface area contributed by atoms with Gasteiger partial charge in [-0.05, 0) is 54.7 Å². The van der Waals surface area contributed by atoms with Crippen molar-refractivity contribution in [1.82, 2.24) is 41.9 Å². The van der Waals surface area contributed by atoms with Gasteiger partial charge in [-0.3, -0.25) is 38.4 Å². The Kier molecular flexibility index (Phi) is 21.9. The van der Waals surface area contributed by atoms with Gasteiger partial charge in [0.15, 0.2) is 0 Å². The molecule has 354 valence electrons. The van der Waals surface area contributed by atoms with Crippen LogP contribution < -0.4 is 49.1 Å². The lowest BCUT2D eigenvalue weighted by molar-refractivity contribution is -0.143. The van der Waals surface area contributed by atoms with Gasteiger partial charge in [-0.15, -0.1) is 0 Å². The molecule has 0 radical (unpaired) electrons. The smallest absolute Gasteiger partial charge is 0.326 e. The molecular formula is C42H65N11O11. The first kappa shape index (κ1) is 53.6. The number of hydrogen-bond donors (Lipinski definition) is 12. The van der Waals surface area contributed by atoms with Crippen LogP contribution in [0.2, 0.25) is 0 Å². The highest BCUT2D eigenvalue weighted by molar-refractivity contribution is 5.97. The number of H-pyrrole nitrogens is 1. The summed E-state index contributed by atoms with van der Waals surface area (Å²) in [5.74, 6) is -9.15. The summed E-state index contributed by atoms with van der Waals surface area (Å²) in [4.78, 5) is 125. The second kappa shape index (κ2) is 26.1. The Hall–Kier alpha value is -6.58. The van der Waals surface area contributed by atoms with Gasteiger partial charge in [0.1, 0.15) is 42.0 Å². The lowest BCUT2D eigenvalue weighted by Gasteiger charge is -2.30. The number of phenolic OH excluding ortho intramolecular Hbond substituents is 1. The van der Waals surface area contributed by atoms with E-state index in [9.17, 15) is 53.4 Å². The van der Waals surface area contributed by atoms with Crippen LogP contribution in [0.4, 0.5) is 0 Å². The summed E-state index contributed by atoms with van der Waals surface area (Å²) < 4.78 is 0. The van der Waals surface area contributed by atoms with Crippen molar-refractivity contribution in [1.29, 1.82) is 0 Å². The van der Waals surface area contributed by atoms with E-state index in [0.717, 1.165) is 0 Å². The molecule has 0 bridgehead atoms. The number of aromatic hydroxyl groups is 1. The predicted molar refractivity (Wildman–Crippen MR) is 232 cm³/mol. The number of carbonyl (C=O) groups excluding carboxylic acids is 8. The number of primary amides is 2. The molecule has 1 heterocycles. The normalized spacial score (nSPS) is 15.0. The van der Waals surface area contributed by atoms with Crippen molar-refractivity contribution in [2.45, 2.75) is 135 Å². The van der Waals surface area contributed by atoms with E-state index < -0.39 is 108 Å². The maximum absolute atomic E-state index is 14.1. The first-order valence-electron chi connectivity index (χ1n) is 21.1. The molecule has 0 aliphatic heterocycles. The number of benzene rings is 1. The third-order valence-electron chi connectivity index (χ3n) is 10.1. The molecule has 22 nitrogen and oxygen atoms in total. The van der Waals surface area contributed by atoms with Crippen LogP contribution in [0.3, 0.4) is 0 Å². The number of nitrogens with one attached hydrogen (secondary N) is 7. The number of carboxylic acids is 1. The Morgan fingerprint density at radius 1 is 0.656 bits per heavy atom. The van der Waals surface area contributed by atoms with Crippen molar-refractivity contribution in [3.8, 4) is 5.75 Å². The minimum atomic E-state index is -1.72. The van der Waals surface area contributed by atoms with Gasteiger partial charge in [-0.25, -0.2) is 9.78 Å². The summed E-state index contributed by atoms with van der Waals surface area (Å²) in [7, 11) is 0. The summed E-state index contributed by atoms with van der Waals surface area (Å²) >= 11 is 0. The Morgan fingerprint density at radius 3 is 1.66 bits per heavy atom. The van der Waals surface area contributed by atoms with E-state index in [0.29, 0.717) is 17.7 Å². The molecule has 0 spiro atoms. The molecular weight excluding hydrogens is 835 g/mol. The molecule has 1 aromatic carbocycles. The van der Waals surface area contributed by atoms with Crippen molar-refractivity contribution in [3.63, 3.8) is 0 Å². The molecule has 1 aromatic heterocycles. The SMILES string of the molecule is CC[C@H](C)[C@H](NC(=O)[C@H](CC(C)C)NC(=O)[C@H](CCC(N)=O)NC(=O)[C@H](CC(C)C)NC(=O)[C@@H](N)Cc1cnc[nH]1)C(=O)N[C@@H](Cc1ccc(O)cc1)C(=O)N[C@@H](CC(N)=O)C(=O)O. The summed E-state index contributed by atoms with van der Waals surface area (Å²) in [6.07, 6.45) is 2.05. The number of carbonyl (C=O) groups is 9. The van der Waals surface area contributed by atoms with Crippen molar-refractivity contribution in [3.05, 3.63) is 48.0 Å². The Labute approximate surface area is 371 Å². The average molecular weight is 900 g/mol. The molecule has 0 fully saturated rings. The van der Waals surface area contributed by atoms with E-state index in [1.807, 2.05) is 13.8 Å². The number of hydrogen-bond acceptors (Lipinski definition) is 12. The molecule has 0 unspecified atom stereocenters. The fraction of sp³-hybridized carbons (Fsp3) is 0.571. The maximum atomic E-state index is 14.1. The van der Waals surface area contributed by atoms with Gasteiger partial charge in [-0.1, -0.05) is 60.1 Å². The van der Waals surface area contributed by atoms with Crippen molar-refractivity contribution in [2.24, 2.45) is 35.0 Å². The van der Waals surface area contributed by atoms with Gasteiger partial charge in [0.25, 0.3) is 0 Å². The number of rotatable bonds is 28. The van der Waals surface area contributed by atoms with Gasteiger partial charge >= 0.3 is 5.97 Å². The molecule has 64 heavy (non-hydrogen) atoms.